The molecule has 0 saturated heterocycles. The first-order chi connectivity index (χ1) is 10.4. The Hall–Kier alpha value is -1.12. The van der Waals surface area contributed by atoms with Crippen LogP contribution < -0.4 is 5.32 Å². The second-order valence-electron chi connectivity index (χ2n) is 6.17. The molecule has 0 spiro atoms. The number of hydrogen-bond acceptors (Lipinski definition) is 2. The monoisotopic (exact) mass is 299 g/mol. The van der Waals surface area contributed by atoms with Crippen molar-refractivity contribution in [3.8, 4) is 0 Å². The molecule has 1 heterocycles. The SMILES string of the molecule is CCCNC(Cc1ccsc1)C1CCc2ccccc2C1. The Morgan fingerprint density at radius 3 is 2.86 bits per heavy atom. The Morgan fingerprint density at radius 2 is 2.10 bits per heavy atom. The van der Waals surface area contributed by atoms with Crippen LogP contribution in [0.25, 0.3) is 0 Å². The van der Waals surface area contributed by atoms with Gasteiger partial charge >= 0.3 is 0 Å². The lowest BCUT2D eigenvalue weighted by Gasteiger charge is -2.32. The molecule has 0 aliphatic heterocycles. The molecule has 1 aromatic heterocycles. The first-order valence-electron chi connectivity index (χ1n) is 8.18. The molecule has 2 unspecified atom stereocenters. The highest BCUT2D eigenvalue weighted by Crippen LogP contribution is 2.29. The largest absolute Gasteiger partial charge is 0.313 e. The molecule has 0 radical (unpaired) electrons. The predicted molar refractivity (Wildman–Crippen MR) is 92.1 cm³/mol. The summed E-state index contributed by atoms with van der Waals surface area (Å²) >= 11 is 1.81. The van der Waals surface area contributed by atoms with Crippen molar-refractivity contribution in [2.24, 2.45) is 5.92 Å². The van der Waals surface area contributed by atoms with Crippen molar-refractivity contribution in [3.05, 3.63) is 57.8 Å². The zero-order valence-electron chi connectivity index (χ0n) is 12.8. The van der Waals surface area contributed by atoms with Crippen LogP contribution >= 0.6 is 11.3 Å². The van der Waals surface area contributed by atoms with Gasteiger partial charge in [0.1, 0.15) is 0 Å². The quantitative estimate of drug-likeness (QED) is 0.830. The van der Waals surface area contributed by atoms with Crippen LogP contribution in [0.2, 0.25) is 0 Å². The lowest BCUT2D eigenvalue weighted by atomic mass is 9.78. The van der Waals surface area contributed by atoms with E-state index in [1.54, 1.807) is 11.1 Å². The van der Waals surface area contributed by atoms with E-state index < -0.39 is 0 Å². The summed E-state index contributed by atoms with van der Waals surface area (Å²) in [5.41, 5.74) is 4.63. The van der Waals surface area contributed by atoms with Crippen molar-refractivity contribution in [2.45, 2.75) is 45.1 Å². The van der Waals surface area contributed by atoms with Crippen LogP contribution in [-0.4, -0.2) is 12.6 Å². The molecule has 0 saturated carbocycles. The smallest absolute Gasteiger partial charge is 0.0139 e. The minimum Gasteiger partial charge on any atom is -0.313 e. The summed E-state index contributed by atoms with van der Waals surface area (Å²) in [6.45, 7) is 3.39. The van der Waals surface area contributed by atoms with Gasteiger partial charge in [0.05, 0.1) is 0 Å². The van der Waals surface area contributed by atoms with Gasteiger partial charge in [-0.3, -0.25) is 0 Å². The van der Waals surface area contributed by atoms with E-state index in [4.69, 9.17) is 0 Å². The van der Waals surface area contributed by atoms with Gasteiger partial charge < -0.3 is 5.32 Å². The maximum atomic E-state index is 3.81. The van der Waals surface area contributed by atoms with E-state index in [1.807, 2.05) is 11.3 Å². The van der Waals surface area contributed by atoms with Gasteiger partial charge in [0.15, 0.2) is 0 Å². The van der Waals surface area contributed by atoms with Crippen molar-refractivity contribution in [2.75, 3.05) is 6.54 Å². The molecule has 2 heteroatoms. The fourth-order valence-electron chi connectivity index (χ4n) is 3.47. The Morgan fingerprint density at radius 1 is 1.24 bits per heavy atom. The molecule has 0 bridgehead atoms. The first kappa shape index (κ1) is 14.8. The van der Waals surface area contributed by atoms with Gasteiger partial charge in [0.2, 0.25) is 0 Å². The molecule has 0 fully saturated rings. The molecule has 1 aliphatic rings. The molecule has 2 aromatic rings. The van der Waals surface area contributed by atoms with Gasteiger partial charge in [0.25, 0.3) is 0 Å². The van der Waals surface area contributed by atoms with Crippen LogP contribution in [-0.2, 0) is 19.3 Å². The highest BCUT2D eigenvalue weighted by molar-refractivity contribution is 7.07. The van der Waals surface area contributed by atoms with Crippen molar-refractivity contribution in [1.82, 2.24) is 5.32 Å². The van der Waals surface area contributed by atoms with Crippen LogP contribution in [0.3, 0.4) is 0 Å². The maximum Gasteiger partial charge on any atom is 0.0139 e. The lowest BCUT2D eigenvalue weighted by Crippen LogP contribution is -2.41. The van der Waals surface area contributed by atoms with E-state index in [0.717, 1.165) is 12.5 Å². The number of nitrogens with one attached hydrogen (secondary N) is 1. The minimum atomic E-state index is 0.618. The summed E-state index contributed by atoms with van der Waals surface area (Å²) in [6.07, 6.45) is 6.19. The topological polar surface area (TPSA) is 12.0 Å². The third-order valence-electron chi connectivity index (χ3n) is 4.65. The number of thiophene rings is 1. The van der Waals surface area contributed by atoms with E-state index in [-0.39, 0.29) is 0 Å². The van der Waals surface area contributed by atoms with Crippen molar-refractivity contribution >= 4 is 11.3 Å². The summed E-state index contributed by atoms with van der Waals surface area (Å²) in [6, 6.07) is 11.9. The van der Waals surface area contributed by atoms with Crippen LogP contribution in [0.4, 0.5) is 0 Å². The molecule has 3 rings (SSSR count). The van der Waals surface area contributed by atoms with E-state index >= 15 is 0 Å². The highest BCUT2D eigenvalue weighted by atomic mass is 32.1. The Bertz CT molecular complexity index is 546. The molecule has 112 valence electrons. The number of benzene rings is 1. The maximum absolute atomic E-state index is 3.81. The highest BCUT2D eigenvalue weighted by Gasteiger charge is 2.25. The number of rotatable bonds is 6. The molecule has 21 heavy (non-hydrogen) atoms. The number of hydrogen-bond donors (Lipinski definition) is 1. The average molecular weight is 299 g/mol. The van der Waals surface area contributed by atoms with E-state index in [2.05, 4.69) is 53.3 Å². The Labute approximate surface area is 132 Å². The fraction of sp³-hybridized carbons (Fsp3) is 0.474. The van der Waals surface area contributed by atoms with Gasteiger partial charge in [-0.15, -0.1) is 0 Å². The summed E-state index contributed by atoms with van der Waals surface area (Å²) in [7, 11) is 0. The van der Waals surface area contributed by atoms with E-state index in [0.29, 0.717) is 6.04 Å². The second kappa shape index (κ2) is 7.24. The average Bonchev–Trinajstić information content (AvgIpc) is 3.04. The molecule has 0 amide bonds. The van der Waals surface area contributed by atoms with Crippen LogP contribution in [0.5, 0.6) is 0 Å². The van der Waals surface area contributed by atoms with Gasteiger partial charge in [-0.05, 0) is 78.1 Å². The molecule has 1 N–H and O–H groups in total. The molecule has 1 aromatic carbocycles. The summed E-state index contributed by atoms with van der Waals surface area (Å²) in [5.74, 6) is 0.770. The molecule has 1 aliphatic carbocycles. The van der Waals surface area contributed by atoms with Gasteiger partial charge in [0, 0.05) is 6.04 Å². The first-order valence-corrected chi connectivity index (χ1v) is 9.12. The second-order valence-corrected chi connectivity index (χ2v) is 6.95. The van der Waals surface area contributed by atoms with Gasteiger partial charge in [-0.2, -0.15) is 11.3 Å². The van der Waals surface area contributed by atoms with Crippen LogP contribution in [0.15, 0.2) is 41.1 Å². The standard InChI is InChI=1S/C19H25NS/c1-2-10-20-19(12-15-9-11-21-14-15)18-8-7-16-5-3-4-6-17(16)13-18/h3-6,9,11,14,18-20H,2,7-8,10,12-13H2,1H3. The zero-order chi connectivity index (χ0) is 14.5. The van der Waals surface area contributed by atoms with Gasteiger partial charge in [-0.25, -0.2) is 0 Å². The van der Waals surface area contributed by atoms with Crippen molar-refractivity contribution < 1.29 is 0 Å². The fourth-order valence-corrected chi connectivity index (χ4v) is 4.15. The van der Waals surface area contributed by atoms with E-state index in [1.165, 1.54) is 37.7 Å². The third kappa shape index (κ3) is 3.75. The van der Waals surface area contributed by atoms with Crippen molar-refractivity contribution in [1.29, 1.82) is 0 Å². The third-order valence-corrected chi connectivity index (χ3v) is 5.38. The predicted octanol–water partition coefficient (Wildman–Crippen LogP) is 4.46. The Kier molecular flexibility index (Phi) is 5.10. The van der Waals surface area contributed by atoms with Gasteiger partial charge in [-0.1, -0.05) is 31.2 Å². The zero-order valence-corrected chi connectivity index (χ0v) is 13.7. The number of aryl methyl sites for hydroxylation is 1. The molecule has 1 nitrogen and oxygen atoms in total. The minimum absolute atomic E-state index is 0.618. The summed E-state index contributed by atoms with van der Waals surface area (Å²) < 4.78 is 0. The lowest BCUT2D eigenvalue weighted by molar-refractivity contribution is 0.318. The number of fused-ring (bicyclic) bond motifs is 1. The van der Waals surface area contributed by atoms with E-state index in [9.17, 15) is 0 Å². The molecular formula is C19H25NS. The molecular weight excluding hydrogens is 274 g/mol. The summed E-state index contributed by atoms with van der Waals surface area (Å²) in [4.78, 5) is 0. The molecule has 2 atom stereocenters. The summed E-state index contributed by atoms with van der Waals surface area (Å²) in [5, 5.41) is 8.31. The van der Waals surface area contributed by atoms with Crippen LogP contribution in [0, 0.1) is 5.92 Å². The Balaban J connectivity index is 1.71. The normalized spacial score (nSPS) is 19.2. The van der Waals surface area contributed by atoms with Crippen molar-refractivity contribution in [3.63, 3.8) is 0 Å². The van der Waals surface area contributed by atoms with Crippen LogP contribution in [0.1, 0.15) is 36.5 Å².